The summed E-state index contributed by atoms with van der Waals surface area (Å²) in [5, 5.41) is 0.615. The van der Waals surface area contributed by atoms with Crippen LogP contribution in [0.15, 0.2) is 59.6 Å². The van der Waals surface area contributed by atoms with Crippen molar-refractivity contribution >= 4 is 40.7 Å². The number of carbonyl (C=O) groups is 4. The van der Waals surface area contributed by atoms with E-state index in [1.165, 1.54) is 30.9 Å². The molecule has 2 aromatic carbocycles. The normalized spacial score (nSPS) is 25.8. The number of aliphatic imine (C=N–C) groups is 1. The molecule has 9 nitrogen and oxygen atoms in total. The average molecular weight is 536 g/mol. The van der Waals surface area contributed by atoms with Gasteiger partial charge in [-0.2, -0.15) is 0 Å². The first-order valence-electron chi connectivity index (χ1n) is 12.5. The van der Waals surface area contributed by atoms with Gasteiger partial charge in [-0.15, -0.1) is 0 Å². The lowest BCUT2D eigenvalue weighted by atomic mass is 9.78. The number of thioether (sulfide) groups is 1. The van der Waals surface area contributed by atoms with E-state index >= 15 is 0 Å². The molecule has 2 saturated heterocycles. The summed E-state index contributed by atoms with van der Waals surface area (Å²) in [6, 6.07) is 16.0. The van der Waals surface area contributed by atoms with E-state index in [4.69, 9.17) is 14.5 Å². The lowest BCUT2D eigenvalue weighted by molar-refractivity contribution is -0.158. The van der Waals surface area contributed by atoms with Gasteiger partial charge in [-0.1, -0.05) is 61.2 Å². The standard InChI is InChI=1S/C28H29N3O6S/c1-4-28(26(35)37-3)22-21(23(32)30(24(22)33)15-17-8-6-5-7-9-17)20-14-29-27(31(20)28)38-16-18-10-12-19(13-11-18)25(34)36-2/h5-13,20-22H,4,14-16H2,1-3H3/t20-,21+,22-,28-/m1/s1. The molecule has 3 heterocycles. The Hall–Kier alpha value is -3.66. The highest BCUT2D eigenvalue weighted by atomic mass is 32.2. The summed E-state index contributed by atoms with van der Waals surface area (Å²) in [6.45, 7) is 2.34. The van der Waals surface area contributed by atoms with Crippen molar-refractivity contribution in [3.63, 3.8) is 0 Å². The van der Waals surface area contributed by atoms with E-state index in [0.29, 0.717) is 29.4 Å². The number of rotatable bonds is 7. The van der Waals surface area contributed by atoms with Gasteiger partial charge < -0.3 is 14.4 Å². The molecule has 0 radical (unpaired) electrons. The highest BCUT2D eigenvalue weighted by molar-refractivity contribution is 8.13. The average Bonchev–Trinajstić information content (AvgIpc) is 3.57. The monoisotopic (exact) mass is 535 g/mol. The second-order valence-corrected chi connectivity index (χ2v) is 10.5. The van der Waals surface area contributed by atoms with Crippen molar-refractivity contribution in [3.05, 3.63) is 71.3 Å². The summed E-state index contributed by atoms with van der Waals surface area (Å²) >= 11 is 1.44. The van der Waals surface area contributed by atoms with Crippen LogP contribution in [0.5, 0.6) is 0 Å². The Morgan fingerprint density at radius 2 is 1.71 bits per heavy atom. The number of amides is 2. The fourth-order valence-corrected chi connectivity index (χ4v) is 7.07. The van der Waals surface area contributed by atoms with Crippen LogP contribution in [0, 0.1) is 11.8 Å². The molecule has 2 aromatic rings. The first-order chi connectivity index (χ1) is 18.4. The minimum Gasteiger partial charge on any atom is -0.467 e. The van der Waals surface area contributed by atoms with Crippen LogP contribution in [0.1, 0.15) is 34.8 Å². The van der Waals surface area contributed by atoms with Crippen molar-refractivity contribution in [2.75, 3.05) is 20.8 Å². The van der Waals surface area contributed by atoms with Crippen LogP contribution in [-0.2, 0) is 36.2 Å². The van der Waals surface area contributed by atoms with Gasteiger partial charge in [-0.25, -0.2) is 9.59 Å². The highest BCUT2D eigenvalue weighted by Gasteiger charge is 2.73. The Morgan fingerprint density at radius 3 is 2.34 bits per heavy atom. The van der Waals surface area contributed by atoms with E-state index in [2.05, 4.69) is 0 Å². The van der Waals surface area contributed by atoms with Gasteiger partial charge in [0.1, 0.15) is 0 Å². The first kappa shape index (κ1) is 26.0. The third-order valence-corrected chi connectivity index (χ3v) is 8.82. The second-order valence-electron chi connectivity index (χ2n) is 9.56. The van der Waals surface area contributed by atoms with Crippen molar-refractivity contribution in [2.45, 2.75) is 37.2 Å². The van der Waals surface area contributed by atoms with Crippen molar-refractivity contribution in [1.29, 1.82) is 0 Å². The molecule has 3 aliphatic heterocycles. The maximum absolute atomic E-state index is 13.8. The zero-order valence-electron chi connectivity index (χ0n) is 21.5. The molecule has 0 aliphatic carbocycles. The molecule has 0 spiro atoms. The maximum Gasteiger partial charge on any atom is 0.337 e. The van der Waals surface area contributed by atoms with Crippen molar-refractivity contribution in [1.82, 2.24) is 9.80 Å². The summed E-state index contributed by atoms with van der Waals surface area (Å²) in [4.78, 5) is 60.6. The Balaban J connectivity index is 1.42. The fraction of sp³-hybridized carbons (Fsp3) is 0.393. The number of amidine groups is 1. The summed E-state index contributed by atoms with van der Waals surface area (Å²) < 4.78 is 10.0. The molecular weight excluding hydrogens is 506 g/mol. The van der Waals surface area contributed by atoms with E-state index in [0.717, 1.165) is 11.1 Å². The van der Waals surface area contributed by atoms with Crippen LogP contribution in [0.3, 0.4) is 0 Å². The predicted molar refractivity (Wildman–Crippen MR) is 141 cm³/mol. The van der Waals surface area contributed by atoms with Gasteiger partial charge >= 0.3 is 11.9 Å². The molecule has 0 unspecified atom stereocenters. The number of hydrogen-bond donors (Lipinski definition) is 0. The molecule has 4 atom stereocenters. The molecule has 38 heavy (non-hydrogen) atoms. The SMILES string of the molecule is CC[C@]1(C(=O)OC)[C@H]2C(=O)N(Cc3ccccc3)C(=O)[C@H]2[C@H]2CN=C(SCc3ccc(C(=O)OC)cc3)N21. The molecule has 0 N–H and O–H groups in total. The van der Waals surface area contributed by atoms with E-state index in [1.807, 2.05) is 54.3 Å². The zero-order valence-corrected chi connectivity index (χ0v) is 22.3. The summed E-state index contributed by atoms with van der Waals surface area (Å²) in [6.07, 6.45) is 0.295. The number of hydrogen-bond acceptors (Lipinski definition) is 9. The van der Waals surface area contributed by atoms with E-state index in [1.54, 1.807) is 12.1 Å². The number of esters is 2. The molecule has 0 aromatic heterocycles. The van der Waals surface area contributed by atoms with Crippen LogP contribution in [0.4, 0.5) is 0 Å². The first-order valence-corrected chi connectivity index (χ1v) is 13.5. The van der Waals surface area contributed by atoms with Crippen LogP contribution in [0.2, 0.25) is 0 Å². The topological polar surface area (TPSA) is 106 Å². The number of nitrogens with zero attached hydrogens (tertiary/aromatic N) is 3. The van der Waals surface area contributed by atoms with Gasteiger partial charge in [0.2, 0.25) is 11.8 Å². The largest absolute Gasteiger partial charge is 0.467 e. The van der Waals surface area contributed by atoms with E-state index in [-0.39, 0.29) is 18.4 Å². The van der Waals surface area contributed by atoms with Crippen molar-refractivity contribution < 1.29 is 28.7 Å². The molecule has 0 saturated carbocycles. The predicted octanol–water partition coefficient (Wildman–Crippen LogP) is 2.88. The van der Waals surface area contributed by atoms with Crippen molar-refractivity contribution in [3.8, 4) is 0 Å². The van der Waals surface area contributed by atoms with E-state index < -0.39 is 35.4 Å². The molecule has 10 heteroatoms. The molecule has 198 valence electrons. The number of likely N-dealkylation sites (tertiary alicyclic amines) is 1. The molecule has 5 rings (SSSR count). The molecule has 3 aliphatic rings. The Kier molecular flexibility index (Phi) is 7.00. The third kappa shape index (κ3) is 3.98. The number of imide groups is 1. The van der Waals surface area contributed by atoms with Crippen LogP contribution < -0.4 is 0 Å². The van der Waals surface area contributed by atoms with E-state index in [9.17, 15) is 19.2 Å². The van der Waals surface area contributed by atoms with Gasteiger partial charge in [0.05, 0.1) is 50.8 Å². The van der Waals surface area contributed by atoms with Gasteiger partial charge in [0.25, 0.3) is 0 Å². The lowest BCUT2D eigenvalue weighted by Crippen LogP contribution is -2.59. The fourth-order valence-electron chi connectivity index (χ4n) is 5.98. The number of ether oxygens (including phenoxy) is 2. The molecule has 0 bridgehead atoms. The van der Waals surface area contributed by atoms with Gasteiger partial charge in [-0.05, 0) is 29.7 Å². The minimum atomic E-state index is -1.32. The maximum atomic E-state index is 13.8. The third-order valence-electron chi connectivity index (χ3n) is 7.76. The number of fused-ring (bicyclic) bond motifs is 3. The molecular formula is C28H29N3O6S. The Labute approximate surface area is 225 Å². The van der Waals surface area contributed by atoms with Crippen LogP contribution in [-0.4, -0.2) is 71.1 Å². The summed E-state index contributed by atoms with van der Waals surface area (Å²) in [5.74, 6) is -2.53. The van der Waals surface area contributed by atoms with Crippen molar-refractivity contribution in [2.24, 2.45) is 16.8 Å². The summed E-state index contributed by atoms with van der Waals surface area (Å²) in [7, 11) is 2.65. The highest BCUT2D eigenvalue weighted by Crippen LogP contribution is 2.54. The Morgan fingerprint density at radius 1 is 1.00 bits per heavy atom. The zero-order chi connectivity index (χ0) is 27.0. The van der Waals surface area contributed by atoms with Crippen LogP contribution in [0.25, 0.3) is 0 Å². The molecule has 2 fully saturated rings. The molecule has 2 amide bonds. The summed E-state index contributed by atoms with van der Waals surface area (Å²) in [5.41, 5.74) is 0.942. The van der Waals surface area contributed by atoms with Gasteiger partial charge in [-0.3, -0.25) is 19.5 Å². The second kappa shape index (κ2) is 10.2. The Bertz CT molecular complexity index is 1300. The number of methoxy groups -OCH3 is 2. The minimum absolute atomic E-state index is 0.170. The van der Waals surface area contributed by atoms with Crippen LogP contribution >= 0.6 is 11.8 Å². The van der Waals surface area contributed by atoms with Gasteiger partial charge in [0, 0.05) is 5.75 Å². The smallest absolute Gasteiger partial charge is 0.337 e. The van der Waals surface area contributed by atoms with Gasteiger partial charge in [0.15, 0.2) is 10.7 Å². The number of carbonyl (C=O) groups excluding carboxylic acids is 4. The quantitative estimate of drug-likeness (QED) is 0.394. The lowest BCUT2D eigenvalue weighted by Gasteiger charge is -2.39. The number of benzene rings is 2.